The number of aliphatic hydroxyl groups is 1. The second-order valence-corrected chi connectivity index (χ2v) is 7.84. The van der Waals surface area contributed by atoms with E-state index in [1.165, 1.54) is 38.1 Å². The largest absolute Gasteiger partial charge is 0.506 e. The number of aliphatic imine (C=N–C) groups is 1. The summed E-state index contributed by atoms with van der Waals surface area (Å²) in [5.74, 6) is -10.9. The van der Waals surface area contributed by atoms with Crippen molar-refractivity contribution in [3.8, 4) is 5.75 Å². The van der Waals surface area contributed by atoms with Gasteiger partial charge >= 0.3 is 5.97 Å². The van der Waals surface area contributed by atoms with Crippen LogP contribution in [-0.2, 0) is 14.3 Å². The summed E-state index contributed by atoms with van der Waals surface area (Å²) in [6.07, 6.45) is 0.938. The minimum atomic E-state index is -1.94. The maximum absolute atomic E-state index is 15.0. The van der Waals surface area contributed by atoms with Crippen LogP contribution in [0.1, 0.15) is 25.8 Å². The molecule has 1 unspecified atom stereocenters. The lowest BCUT2D eigenvalue weighted by Crippen LogP contribution is -2.36. The first kappa shape index (κ1) is 26.5. The van der Waals surface area contributed by atoms with E-state index in [0.29, 0.717) is 6.21 Å². The number of nitrogens with one attached hydrogen (secondary N) is 1. The van der Waals surface area contributed by atoms with E-state index in [0.717, 1.165) is 4.90 Å². The zero-order valence-electron chi connectivity index (χ0n) is 19.3. The van der Waals surface area contributed by atoms with Crippen molar-refractivity contribution in [2.24, 2.45) is 4.99 Å². The van der Waals surface area contributed by atoms with E-state index >= 15 is 8.78 Å². The number of rotatable bonds is 7. The lowest BCUT2D eigenvalue weighted by molar-refractivity contribution is -0.137. The number of halogens is 4. The van der Waals surface area contributed by atoms with Crippen molar-refractivity contribution in [3.63, 3.8) is 0 Å². The molecule has 0 aromatic heterocycles. The topological polar surface area (TPSA) is 111 Å². The van der Waals surface area contributed by atoms with Gasteiger partial charge in [0.2, 0.25) is 5.91 Å². The first-order valence-corrected chi connectivity index (χ1v) is 10.9. The van der Waals surface area contributed by atoms with Crippen LogP contribution in [0.3, 0.4) is 0 Å². The first-order chi connectivity index (χ1) is 17.1. The van der Waals surface area contributed by atoms with Gasteiger partial charge in [0.1, 0.15) is 28.5 Å². The summed E-state index contributed by atoms with van der Waals surface area (Å²) < 4.78 is 64.8. The molecule has 1 heterocycles. The van der Waals surface area contributed by atoms with E-state index in [-0.39, 0.29) is 43.5 Å². The minimum Gasteiger partial charge on any atom is -0.506 e. The van der Waals surface area contributed by atoms with E-state index in [9.17, 15) is 28.6 Å². The Morgan fingerprint density at radius 3 is 2.39 bits per heavy atom. The molecule has 3 N–H and O–H groups in total. The molecule has 1 saturated heterocycles. The Bertz CT molecular complexity index is 1220. The van der Waals surface area contributed by atoms with E-state index in [2.05, 4.69) is 10.3 Å². The Labute approximate surface area is 203 Å². The third-order valence-corrected chi connectivity index (χ3v) is 5.35. The number of hydrogen-bond acceptors (Lipinski definition) is 7. The fourth-order valence-electron chi connectivity index (χ4n) is 3.74. The highest BCUT2D eigenvalue weighted by Crippen LogP contribution is 2.36. The Balaban J connectivity index is 2.10. The first-order valence-electron chi connectivity index (χ1n) is 10.9. The van der Waals surface area contributed by atoms with E-state index in [1.807, 2.05) is 0 Å². The lowest BCUT2D eigenvalue weighted by atomic mass is 10.0. The smallest absolute Gasteiger partial charge is 0.343 e. The van der Waals surface area contributed by atoms with E-state index in [1.54, 1.807) is 0 Å². The molecule has 0 saturated carbocycles. The molecule has 0 spiro atoms. The highest BCUT2D eigenvalue weighted by molar-refractivity contribution is 6.15. The van der Waals surface area contributed by atoms with Crippen LogP contribution in [0.2, 0.25) is 0 Å². The van der Waals surface area contributed by atoms with Crippen LogP contribution >= 0.6 is 0 Å². The van der Waals surface area contributed by atoms with Crippen LogP contribution in [0, 0.1) is 23.3 Å². The Morgan fingerprint density at radius 1 is 1.17 bits per heavy atom. The van der Waals surface area contributed by atoms with Gasteiger partial charge in [-0.05, 0) is 25.5 Å². The van der Waals surface area contributed by atoms with Crippen LogP contribution in [0.25, 0.3) is 5.76 Å². The van der Waals surface area contributed by atoms with Gasteiger partial charge in [0, 0.05) is 32.3 Å². The maximum Gasteiger partial charge on any atom is 0.343 e. The van der Waals surface area contributed by atoms with Gasteiger partial charge in [-0.25, -0.2) is 22.4 Å². The number of amides is 1. The van der Waals surface area contributed by atoms with Crippen LogP contribution < -0.4 is 10.2 Å². The summed E-state index contributed by atoms with van der Waals surface area (Å²) in [6.45, 7) is 2.38. The number of benzene rings is 2. The summed E-state index contributed by atoms with van der Waals surface area (Å²) in [7, 11) is 0. The summed E-state index contributed by atoms with van der Waals surface area (Å²) in [5, 5.41) is 23.0. The number of anilines is 1. The molecule has 8 nitrogen and oxygen atoms in total. The SMILES string of the molecule is CCOC(=O)/C(C=Nc1ccccc1O)=C(/O)c1c(F)c(F)c(N2CCC(NC(C)=O)C2)c(F)c1F. The van der Waals surface area contributed by atoms with Gasteiger partial charge in [0.05, 0.1) is 12.2 Å². The third-order valence-electron chi connectivity index (χ3n) is 5.35. The molecule has 36 heavy (non-hydrogen) atoms. The Morgan fingerprint density at radius 2 is 1.81 bits per heavy atom. The van der Waals surface area contributed by atoms with Crippen LogP contribution in [-0.4, -0.2) is 54.0 Å². The predicted octanol–water partition coefficient (Wildman–Crippen LogP) is 3.90. The zero-order chi connectivity index (χ0) is 26.6. The molecule has 2 aromatic rings. The molecule has 0 radical (unpaired) electrons. The molecule has 2 aromatic carbocycles. The fraction of sp³-hybridized carbons (Fsp3) is 0.292. The van der Waals surface area contributed by atoms with Crippen molar-refractivity contribution in [1.82, 2.24) is 5.32 Å². The summed E-state index contributed by atoms with van der Waals surface area (Å²) in [4.78, 5) is 28.5. The van der Waals surface area contributed by atoms with Crippen molar-refractivity contribution < 1.29 is 42.1 Å². The molecule has 1 aliphatic heterocycles. The number of esters is 1. The Hall–Kier alpha value is -4.09. The third kappa shape index (κ3) is 5.42. The number of aliphatic hydroxyl groups excluding tert-OH is 1. The summed E-state index contributed by atoms with van der Waals surface area (Å²) in [5.41, 5.74) is -3.51. The van der Waals surface area contributed by atoms with Gasteiger partial charge in [0.15, 0.2) is 23.3 Å². The number of phenols is 1. The number of carbonyl (C=O) groups is 2. The maximum atomic E-state index is 15.0. The predicted molar refractivity (Wildman–Crippen MR) is 123 cm³/mol. The van der Waals surface area contributed by atoms with Gasteiger partial charge in [-0.15, -0.1) is 0 Å². The highest BCUT2D eigenvalue weighted by Gasteiger charge is 2.35. The van der Waals surface area contributed by atoms with E-state index < -0.39 is 57.9 Å². The van der Waals surface area contributed by atoms with Crippen LogP contribution in [0.5, 0.6) is 5.75 Å². The van der Waals surface area contributed by atoms with Crippen molar-refractivity contribution in [3.05, 3.63) is 58.7 Å². The van der Waals surface area contributed by atoms with Crippen molar-refractivity contribution in [2.45, 2.75) is 26.3 Å². The molecule has 1 amide bonds. The molecular formula is C24H23F4N3O5. The normalized spacial score (nSPS) is 16.3. The number of para-hydroxylation sites is 2. The number of ether oxygens (including phenoxy) is 1. The van der Waals surface area contributed by atoms with Crippen molar-refractivity contribution in [1.29, 1.82) is 0 Å². The monoisotopic (exact) mass is 509 g/mol. The number of carbonyl (C=O) groups excluding carboxylic acids is 2. The summed E-state index contributed by atoms with van der Waals surface area (Å²) >= 11 is 0. The molecule has 3 rings (SSSR count). The minimum absolute atomic E-state index is 0.000136. The van der Waals surface area contributed by atoms with Gasteiger partial charge in [-0.1, -0.05) is 12.1 Å². The van der Waals surface area contributed by atoms with Gasteiger partial charge in [-0.3, -0.25) is 9.79 Å². The number of aromatic hydroxyl groups is 1. The second-order valence-electron chi connectivity index (χ2n) is 7.84. The molecular weight excluding hydrogens is 486 g/mol. The Kier molecular flexibility index (Phi) is 8.18. The number of hydrogen-bond donors (Lipinski definition) is 3. The van der Waals surface area contributed by atoms with Crippen molar-refractivity contribution >= 4 is 35.2 Å². The molecule has 0 aliphatic carbocycles. The molecule has 1 aliphatic rings. The fourth-order valence-corrected chi connectivity index (χ4v) is 3.74. The average molecular weight is 509 g/mol. The lowest BCUT2D eigenvalue weighted by Gasteiger charge is -2.22. The molecule has 1 atom stereocenters. The quantitative estimate of drug-likeness (QED) is 0.130. The molecule has 0 bridgehead atoms. The molecule has 192 valence electrons. The number of phenolic OH excluding ortho intramolecular Hbond substituents is 1. The number of nitrogens with zero attached hydrogens (tertiary/aromatic N) is 2. The van der Waals surface area contributed by atoms with Gasteiger partial charge in [0.25, 0.3) is 0 Å². The summed E-state index contributed by atoms with van der Waals surface area (Å²) in [6, 6.07) is 5.12. The van der Waals surface area contributed by atoms with Gasteiger partial charge < -0.3 is 25.2 Å². The standard InChI is InChI=1S/C24H23F4N3O5/c1-3-36-24(35)14(10-29-15-6-4-5-7-16(15)33)23(34)17-18(25)20(27)22(21(28)19(17)26)31-9-8-13(11-31)30-12(2)32/h4-7,10,13,33-34H,3,8-9,11H2,1-2H3,(H,30,32)/b23-14+,29-10?. The second kappa shape index (κ2) is 11.1. The zero-order valence-corrected chi connectivity index (χ0v) is 19.3. The van der Waals surface area contributed by atoms with E-state index in [4.69, 9.17) is 4.74 Å². The van der Waals surface area contributed by atoms with Gasteiger partial charge in [-0.2, -0.15) is 0 Å². The highest BCUT2D eigenvalue weighted by atomic mass is 19.2. The molecule has 12 heteroatoms. The van der Waals surface area contributed by atoms with Crippen molar-refractivity contribution in [2.75, 3.05) is 24.6 Å². The van der Waals surface area contributed by atoms with Crippen LogP contribution in [0.15, 0.2) is 34.8 Å². The van der Waals surface area contributed by atoms with Crippen LogP contribution in [0.4, 0.5) is 28.9 Å². The average Bonchev–Trinajstić information content (AvgIpc) is 3.26. The molecule has 1 fully saturated rings.